The number of Topliss-reactive ketones (excluding diaryl/α,β-unsaturated/α-hetero) is 1. The number of carboxylic acids is 3. The monoisotopic (exact) mass is 484 g/mol. The Labute approximate surface area is 201 Å². The number of rotatable bonds is 10. The number of carbonyl (C=O) groups excluding carboxylic acids is 1. The molecule has 2 unspecified atom stereocenters. The largest absolute Gasteiger partial charge is 0.480 e. The van der Waals surface area contributed by atoms with Crippen LogP contribution in [0.1, 0.15) is 32.6 Å². The van der Waals surface area contributed by atoms with Crippen LogP contribution in [0.15, 0.2) is 0 Å². The molecular weight excluding hydrogens is 444 g/mol. The summed E-state index contributed by atoms with van der Waals surface area (Å²) >= 11 is 0. The van der Waals surface area contributed by atoms with Crippen LogP contribution in [0.4, 0.5) is 0 Å². The van der Waals surface area contributed by atoms with Crippen molar-refractivity contribution in [1.29, 1.82) is 0 Å². The number of aliphatic carboxylic acids is 3. The van der Waals surface area contributed by atoms with Crippen LogP contribution < -0.4 is 0 Å². The fraction of sp³-hybridized carbons (Fsp3) is 0.826. The van der Waals surface area contributed by atoms with Crippen molar-refractivity contribution < 1.29 is 34.5 Å². The quantitative estimate of drug-likeness (QED) is 0.381. The van der Waals surface area contributed by atoms with Crippen molar-refractivity contribution in [2.24, 2.45) is 11.8 Å². The fourth-order valence-corrected chi connectivity index (χ4v) is 4.87. The Morgan fingerprint density at radius 1 is 0.618 bits per heavy atom. The van der Waals surface area contributed by atoms with E-state index in [1.807, 2.05) is 4.90 Å². The average Bonchev–Trinajstić information content (AvgIpc) is 3.24. The maximum atomic E-state index is 13.0. The SMILES string of the molecule is CCC1CCC(C(=O)CN2CCN(CC(=O)O)CCN(CC(=O)O)CCN(CC(=O)O)CC2)C1. The third kappa shape index (κ3) is 10.5. The normalized spacial score (nSPS) is 24.9. The first kappa shape index (κ1) is 28.2. The summed E-state index contributed by atoms with van der Waals surface area (Å²) in [5.41, 5.74) is 0. The lowest BCUT2D eigenvalue weighted by Gasteiger charge is -2.33. The van der Waals surface area contributed by atoms with Crippen molar-refractivity contribution in [1.82, 2.24) is 19.6 Å². The zero-order valence-electron chi connectivity index (χ0n) is 20.2. The smallest absolute Gasteiger partial charge is 0.317 e. The molecule has 2 fully saturated rings. The zero-order valence-corrected chi connectivity index (χ0v) is 20.2. The second-order valence-electron chi connectivity index (χ2n) is 9.54. The third-order valence-corrected chi connectivity index (χ3v) is 6.96. The molecule has 2 aliphatic rings. The standard InChI is InChI=1S/C23H40N4O7/c1-2-18-3-4-19(13-18)20(28)14-24-5-7-25(15-21(29)30)9-11-27(17-23(33)34)12-10-26(8-6-24)16-22(31)32/h18-19H,2-17H2,1H3,(H,29,30)(H,31,32)(H,33,34). The van der Waals surface area contributed by atoms with Gasteiger partial charge in [-0.1, -0.05) is 13.3 Å². The molecular formula is C23H40N4O7. The highest BCUT2D eigenvalue weighted by Crippen LogP contribution is 2.33. The van der Waals surface area contributed by atoms with Crippen LogP contribution in [0.25, 0.3) is 0 Å². The van der Waals surface area contributed by atoms with Crippen LogP contribution >= 0.6 is 0 Å². The molecule has 11 nitrogen and oxygen atoms in total. The summed E-state index contributed by atoms with van der Waals surface area (Å²) in [5.74, 6) is -2.01. The molecule has 3 N–H and O–H groups in total. The molecule has 0 spiro atoms. The first-order valence-corrected chi connectivity index (χ1v) is 12.2. The summed E-state index contributed by atoms with van der Waals surface area (Å²) in [6.07, 6.45) is 4.01. The Balaban J connectivity index is 2.10. The molecule has 1 aliphatic heterocycles. The number of carboxylic acid groups (broad SMARTS) is 3. The first-order chi connectivity index (χ1) is 16.2. The molecule has 1 saturated carbocycles. The van der Waals surface area contributed by atoms with Gasteiger partial charge in [-0.05, 0) is 25.2 Å². The van der Waals surface area contributed by atoms with Gasteiger partial charge in [-0.25, -0.2) is 0 Å². The van der Waals surface area contributed by atoms with E-state index in [0.29, 0.717) is 58.3 Å². The maximum absolute atomic E-state index is 13.0. The lowest BCUT2D eigenvalue weighted by molar-refractivity contribution is -0.140. The van der Waals surface area contributed by atoms with Crippen LogP contribution in [0.3, 0.4) is 0 Å². The van der Waals surface area contributed by atoms with E-state index in [1.165, 1.54) is 0 Å². The molecule has 34 heavy (non-hydrogen) atoms. The van der Waals surface area contributed by atoms with Crippen molar-refractivity contribution in [3.63, 3.8) is 0 Å². The van der Waals surface area contributed by atoms with Gasteiger partial charge in [0.05, 0.1) is 26.2 Å². The number of hydrogen-bond acceptors (Lipinski definition) is 8. The van der Waals surface area contributed by atoms with Crippen LogP contribution in [-0.2, 0) is 19.2 Å². The number of hydrogen-bond donors (Lipinski definition) is 3. The Hall–Kier alpha value is -2.08. The number of nitrogens with zero attached hydrogens (tertiary/aromatic N) is 4. The van der Waals surface area contributed by atoms with Gasteiger partial charge in [0.1, 0.15) is 5.78 Å². The van der Waals surface area contributed by atoms with Crippen molar-refractivity contribution in [2.75, 3.05) is 78.5 Å². The maximum Gasteiger partial charge on any atom is 0.317 e. The van der Waals surface area contributed by atoms with Gasteiger partial charge in [0.2, 0.25) is 0 Å². The summed E-state index contributed by atoms with van der Waals surface area (Å²) in [6.45, 7) is 5.25. The number of ketones is 1. The summed E-state index contributed by atoms with van der Waals surface area (Å²) in [6, 6.07) is 0. The molecule has 1 aliphatic carbocycles. The van der Waals surface area contributed by atoms with Gasteiger partial charge >= 0.3 is 17.9 Å². The van der Waals surface area contributed by atoms with Gasteiger partial charge in [-0.3, -0.25) is 38.8 Å². The highest BCUT2D eigenvalue weighted by molar-refractivity contribution is 5.83. The minimum Gasteiger partial charge on any atom is -0.480 e. The minimum absolute atomic E-state index is 0.0705. The van der Waals surface area contributed by atoms with Crippen LogP contribution in [0, 0.1) is 11.8 Å². The van der Waals surface area contributed by atoms with Gasteiger partial charge in [-0.2, -0.15) is 0 Å². The van der Waals surface area contributed by atoms with E-state index in [4.69, 9.17) is 0 Å². The molecule has 0 amide bonds. The van der Waals surface area contributed by atoms with E-state index in [-0.39, 0.29) is 37.9 Å². The van der Waals surface area contributed by atoms with Crippen LogP contribution in [0.2, 0.25) is 0 Å². The zero-order chi connectivity index (χ0) is 25.1. The van der Waals surface area contributed by atoms with Gasteiger partial charge in [-0.15, -0.1) is 0 Å². The van der Waals surface area contributed by atoms with Crippen LogP contribution in [0.5, 0.6) is 0 Å². The van der Waals surface area contributed by atoms with Crippen molar-refractivity contribution in [2.45, 2.75) is 32.6 Å². The second kappa shape index (κ2) is 14.3. The molecule has 2 rings (SSSR count). The fourth-order valence-electron chi connectivity index (χ4n) is 4.87. The first-order valence-electron chi connectivity index (χ1n) is 12.2. The predicted octanol–water partition coefficient (Wildman–Crippen LogP) is -0.143. The van der Waals surface area contributed by atoms with Gasteiger partial charge in [0, 0.05) is 58.3 Å². The molecule has 1 saturated heterocycles. The Morgan fingerprint density at radius 3 is 1.26 bits per heavy atom. The van der Waals surface area contributed by atoms with Crippen molar-refractivity contribution in [3.8, 4) is 0 Å². The van der Waals surface area contributed by atoms with Crippen molar-refractivity contribution >= 4 is 23.7 Å². The summed E-state index contributed by atoms with van der Waals surface area (Å²) in [5, 5.41) is 27.8. The molecule has 194 valence electrons. The predicted molar refractivity (Wildman–Crippen MR) is 125 cm³/mol. The van der Waals surface area contributed by atoms with Crippen molar-refractivity contribution in [3.05, 3.63) is 0 Å². The lowest BCUT2D eigenvalue weighted by atomic mass is 9.99. The van der Waals surface area contributed by atoms with Gasteiger partial charge < -0.3 is 15.3 Å². The molecule has 11 heteroatoms. The van der Waals surface area contributed by atoms with E-state index >= 15 is 0 Å². The molecule has 0 aromatic heterocycles. The third-order valence-electron chi connectivity index (χ3n) is 6.96. The summed E-state index contributed by atoms with van der Waals surface area (Å²) in [7, 11) is 0. The van der Waals surface area contributed by atoms with E-state index in [9.17, 15) is 34.5 Å². The minimum atomic E-state index is -0.983. The van der Waals surface area contributed by atoms with Crippen LogP contribution in [-0.4, -0.2) is 137 Å². The molecule has 0 aromatic rings. The Morgan fingerprint density at radius 2 is 0.971 bits per heavy atom. The average molecular weight is 485 g/mol. The van der Waals surface area contributed by atoms with E-state index in [1.54, 1.807) is 14.7 Å². The summed E-state index contributed by atoms with van der Waals surface area (Å²) < 4.78 is 0. The summed E-state index contributed by atoms with van der Waals surface area (Å²) in [4.78, 5) is 54.2. The van der Waals surface area contributed by atoms with Gasteiger partial charge in [0.15, 0.2) is 0 Å². The second-order valence-corrected chi connectivity index (χ2v) is 9.54. The highest BCUT2D eigenvalue weighted by Gasteiger charge is 2.30. The number of carbonyl (C=O) groups is 4. The molecule has 0 aromatic carbocycles. The van der Waals surface area contributed by atoms with Gasteiger partial charge in [0.25, 0.3) is 0 Å². The van der Waals surface area contributed by atoms with E-state index in [2.05, 4.69) is 6.92 Å². The topological polar surface area (TPSA) is 142 Å². The van der Waals surface area contributed by atoms with E-state index < -0.39 is 17.9 Å². The molecule has 1 heterocycles. The Bertz CT molecular complexity index is 673. The lowest BCUT2D eigenvalue weighted by Crippen LogP contribution is -2.49. The highest BCUT2D eigenvalue weighted by atomic mass is 16.4. The molecule has 0 bridgehead atoms. The molecule has 2 atom stereocenters. The Kier molecular flexibility index (Phi) is 11.9. The van der Waals surface area contributed by atoms with E-state index in [0.717, 1.165) is 25.7 Å². The molecule has 0 radical (unpaired) electrons.